The van der Waals surface area contributed by atoms with E-state index in [1.54, 1.807) is 0 Å². The van der Waals surface area contributed by atoms with Crippen molar-refractivity contribution in [1.82, 2.24) is 16.0 Å². The van der Waals surface area contributed by atoms with E-state index in [1.807, 2.05) is 19.1 Å². The molecule has 0 spiro atoms. The minimum Gasteiger partial charge on any atom is -0.481 e. The maximum atomic E-state index is 12.2. The smallest absolute Gasteiger partial charge is 0.315 e. The van der Waals surface area contributed by atoms with E-state index >= 15 is 0 Å². The van der Waals surface area contributed by atoms with E-state index in [2.05, 4.69) is 28.1 Å². The Bertz CT molecular complexity index is 752. The molecule has 0 unspecified atom stereocenters. The largest absolute Gasteiger partial charge is 0.481 e. The first kappa shape index (κ1) is 26.9. The molecule has 2 atom stereocenters. The molecule has 0 aliphatic carbocycles. The predicted octanol–water partition coefficient (Wildman–Crippen LogP) is 2.11. The fourth-order valence-electron chi connectivity index (χ4n) is 3.16. The molecule has 32 heavy (non-hydrogen) atoms. The van der Waals surface area contributed by atoms with Crippen LogP contribution in [0.4, 0.5) is 4.79 Å². The summed E-state index contributed by atoms with van der Waals surface area (Å²) in [5.74, 6) is -3.32. The summed E-state index contributed by atoms with van der Waals surface area (Å²) in [6, 6.07) is 6.03. The molecule has 0 heterocycles. The highest BCUT2D eigenvalue weighted by molar-refractivity contribution is 5.77. The molecule has 1 aromatic carbocycles. The van der Waals surface area contributed by atoms with E-state index in [4.69, 9.17) is 15.3 Å². The molecule has 10 heteroatoms. The molecule has 0 bridgehead atoms. The summed E-state index contributed by atoms with van der Waals surface area (Å²) in [5, 5.41) is 35.1. The van der Waals surface area contributed by atoms with E-state index in [0.29, 0.717) is 12.8 Å². The van der Waals surface area contributed by atoms with Crippen molar-refractivity contribution in [3.63, 3.8) is 0 Å². The number of carbonyl (C=O) groups excluding carboxylic acids is 1. The molecule has 178 valence electrons. The van der Waals surface area contributed by atoms with Crippen LogP contribution in [0.2, 0.25) is 0 Å². The van der Waals surface area contributed by atoms with Gasteiger partial charge in [-0.25, -0.2) is 4.79 Å². The lowest BCUT2D eigenvalue weighted by molar-refractivity contribution is -0.139. The SMILES string of the molecule is Cc1ccc(CNCCCC[C@@H](CC(=O)O)NC(=O)N[C@@H](CCC(=O)O)CC(=O)O)cc1. The molecule has 10 nitrogen and oxygen atoms in total. The number of unbranched alkanes of at least 4 members (excludes halogenated alkanes) is 1. The Kier molecular flexibility index (Phi) is 12.4. The first-order valence-corrected chi connectivity index (χ1v) is 10.6. The molecule has 2 amide bonds. The third kappa shape index (κ3) is 13.2. The average Bonchev–Trinajstić information content (AvgIpc) is 2.69. The first-order chi connectivity index (χ1) is 15.2. The summed E-state index contributed by atoms with van der Waals surface area (Å²) >= 11 is 0. The molecule has 1 aromatic rings. The van der Waals surface area contributed by atoms with E-state index in [-0.39, 0.29) is 19.3 Å². The quantitative estimate of drug-likeness (QED) is 0.208. The van der Waals surface area contributed by atoms with Crippen molar-refractivity contribution < 1.29 is 34.5 Å². The summed E-state index contributed by atoms with van der Waals surface area (Å²) in [6.07, 6.45) is 0.935. The highest BCUT2D eigenvalue weighted by atomic mass is 16.4. The highest BCUT2D eigenvalue weighted by Crippen LogP contribution is 2.07. The van der Waals surface area contributed by atoms with Gasteiger partial charge in [-0.1, -0.05) is 36.2 Å². The van der Waals surface area contributed by atoms with Gasteiger partial charge in [0, 0.05) is 25.0 Å². The normalized spacial score (nSPS) is 12.5. The molecule has 0 aromatic heterocycles. The Morgan fingerprint density at radius 3 is 1.91 bits per heavy atom. The lowest BCUT2D eigenvalue weighted by Crippen LogP contribution is -2.47. The molecule has 0 aliphatic heterocycles. The van der Waals surface area contributed by atoms with Gasteiger partial charge in [-0.3, -0.25) is 14.4 Å². The topological polar surface area (TPSA) is 165 Å². The van der Waals surface area contributed by atoms with Crippen molar-refractivity contribution in [3.8, 4) is 0 Å². The Balaban J connectivity index is 2.41. The van der Waals surface area contributed by atoms with Gasteiger partial charge < -0.3 is 31.3 Å². The minimum absolute atomic E-state index is 0.0364. The van der Waals surface area contributed by atoms with Crippen LogP contribution in [0.5, 0.6) is 0 Å². The summed E-state index contributed by atoms with van der Waals surface area (Å²) in [4.78, 5) is 45.0. The molecular weight excluding hydrogens is 418 g/mol. The highest BCUT2D eigenvalue weighted by Gasteiger charge is 2.20. The van der Waals surface area contributed by atoms with Crippen molar-refractivity contribution in [2.24, 2.45) is 0 Å². The molecule has 6 N–H and O–H groups in total. The number of urea groups is 1. The number of benzene rings is 1. The Morgan fingerprint density at radius 1 is 0.812 bits per heavy atom. The number of hydrogen-bond donors (Lipinski definition) is 6. The van der Waals surface area contributed by atoms with Gasteiger partial charge in [-0.05, 0) is 38.3 Å². The van der Waals surface area contributed by atoms with Gasteiger partial charge in [0.1, 0.15) is 0 Å². The number of rotatable bonds is 16. The van der Waals surface area contributed by atoms with Crippen LogP contribution in [0.25, 0.3) is 0 Å². The van der Waals surface area contributed by atoms with E-state index in [1.165, 1.54) is 11.1 Å². The zero-order valence-electron chi connectivity index (χ0n) is 18.3. The number of carbonyl (C=O) groups is 4. The summed E-state index contributed by atoms with van der Waals surface area (Å²) < 4.78 is 0. The molecule has 0 radical (unpaired) electrons. The van der Waals surface area contributed by atoms with Crippen LogP contribution >= 0.6 is 0 Å². The second kappa shape index (κ2) is 14.8. The van der Waals surface area contributed by atoms with Gasteiger partial charge in [0.25, 0.3) is 0 Å². The van der Waals surface area contributed by atoms with Crippen molar-refractivity contribution in [3.05, 3.63) is 35.4 Å². The second-order valence-electron chi connectivity index (χ2n) is 7.80. The van der Waals surface area contributed by atoms with Gasteiger partial charge in [0.2, 0.25) is 0 Å². The van der Waals surface area contributed by atoms with Crippen molar-refractivity contribution in [2.45, 2.75) is 70.5 Å². The van der Waals surface area contributed by atoms with Crippen molar-refractivity contribution in [2.75, 3.05) is 6.54 Å². The van der Waals surface area contributed by atoms with Gasteiger partial charge >= 0.3 is 23.9 Å². The lowest BCUT2D eigenvalue weighted by Gasteiger charge is -2.21. The Labute approximate surface area is 187 Å². The summed E-state index contributed by atoms with van der Waals surface area (Å²) in [5.41, 5.74) is 2.38. The molecule has 0 fully saturated rings. The Morgan fingerprint density at radius 2 is 1.38 bits per heavy atom. The Hall–Kier alpha value is -3.14. The van der Waals surface area contributed by atoms with Crippen LogP contribution in [0, 0.1) is 6.92 Å². The molecular formula is C22H33N3O7. The van der Waals surface area contributed by atoms with Gasteiger partial charge in [-0.15, -0.1) is 0 Å². The van der Waals surface area contributed by atoms with Gasteiger partial charge in [0.05, 0.1) is 12.8 Å². The van der Waals surface area contributed by atoms with E-state index in [9.17, 15) is 19.2 Å². The molecule has 0 aliphatic rings. The standard InChI is InChI=1S/C22H33N3O7/c1-15-5-7-16(8-6-15)14-23-11-3-2-4-17(12-20(28)29)24-22(32)25-18(13-21(30)31)9-10-19(26)27/h5-8,17-18,23H,2-4,9-14H2,1H3,(H,26,27)(H,28,29)(H,30,31)(H2,24,25,32)/t17-,18-/m0/s1. The number of carboxylic acids is 3. The average molecular weight is 452 g/mol. The third-order valence-corrected chi connectivity index (χ3v) is 4.83. The zero-order chi connectivity index (χ0) is 23.9. The van der Waals surface area contributed by atoms with Crippen molar-refractivity contribution >= 4 is 23.9 Å². The monoisotopic (exact) mass is 451 g/mol. The van der Waals surface area contributed by atoms with Crippen LogP contribution in [0.1, 0.15) is 56.1 Å². The number of amides is 2. The predicted molar refractivity (Wildman–Crippen MR) is 117 cm³/mol. The van der Waals surface area contributed by atoms with Crippen LogP contribution in [-0.2, 0) is 20.9 Å². The number of aliphatic carboxylic acids is 3. The van der Waals surface area contributed by atoms with Gasteiger partial charge in [-0.2, -0.15) is 0 Å². The first-order valence-electron chi connectivity index (χ1n) is 10.6. The van der Waals surface area contributed by atoms with Crippen LogP contribution in [0.3, 0.4) is 0 Å². The minimum atomic E-state index is -1.17. The van der Waals surface area contributed by atoms with Gasteiger partial charge in [0.15, 0.2) is 0 Å². The van der Waals surface area contributed by atoms with Crippen molar-refractivity contribution in [1.29, 1.82) is 0 Å². The number of carboxylic acid groups (broad SMARTS) is 3. The zero-order valence-corrected chi connectivity index (χ0v) is 18.3. The summed E-state index contributed by atoms with van der Waals surface area (Å²) in [7, 11) is 0. The fourth-order valence-corrected chi connectivity index (χ4v) is 3.16. The lowest BCUT2D eigenvalue weighted by atomic mass is 10.1. The van der Waals surface area contributed by atoms with Crippen LogP contribution in [0.15, 0.2) is 24.3 Å². The number of hydrogen-bond acceptors (Lipinski definition) is 5. The third-order valence-electron chi connectivity index (χ3n) is 4.83. The molecule has 1 rings (SSSR count). The molecule has 0 saturated carbocycles. The maximum Gasteiger partial charge on any atom is 0.315 e. The summed E-state index contributed by atoms with van der Waals surface area (Å²) in [6.45, 7) is 3.51. The maximum absolute atomic E-state index is 12.2. The number of aryl methyl sites for hydroxylation is 1. The van der Waals surface area contributed by atoms with Crippen LogP contribution in [-0.4, -0.2) is 57.9 Å². The fraction of sp³-hybridized carbons (Fsp3) is 0.545. The van der Waals surface area contributed by atoms with E-state index < -0.39 is 42.4 Å². The van der Waals surface area contributed by atoms with Crippen LogP contribution < -0.4 is 16.0 Å². The number of nitrogens with one attached hydrogen (secondary N) is 3. The van der Waals surface area contributed by atoms with E-state index in [0.717, 1.165) is 19.5 Å². The second-order valence-corrected chi connectivity index (χ2v) is 7.80. The molecule has 0 saturated heterocycles.